The highest BCUT2D eigenvalue weighted by Crippen LogP contribution is 2.10. The number of nitrogens with one attached hydrogen (secondary N) is 1. The summed E-state index contributed by atoms with van der Waals surface area (Å²) in [6, 6.07) is 5.36. The number of morpholine rings is 1. The van der Waals surface area contributed by atoms with Crippen molar-refractivity contribution in [1.82, 2.24) is 10.2 Å². The molecule has 0 aromatic heterocycles. The zero-order chi connectivity index (χ0) is 13.7. The standard InChI is InChI=1S/C15H23FN2O/c1-12-9-13(3-4-15(12)16)5-7-18(2)11-14-10-17-6-8-19-14/h3-4,9,14,17H,5-8,10-11H2,1-2H3. The van der Waals surface area contributed by atoms with Crippen LogP contribution in [0.2, 0.25) is 0 Å². The Labute approximate surface area is 114 Å². The van der Waals surface area contributed by atoms with Crippen LogP contribution in [0.1, 0.15) is 11.1 Å². The number of hydrogen-bond donors (Lipinski definition) is 1. The summed E-state index contributed by atoms with van der Waals surface area (Å²) in [7, 11) is 2.11. The molecule has 106 valence electrons. The summed E-state index contributed by atoms with van der Waals surface area (Å²) < 4.78 is 18.9. The molecule has 1 atom stereocenters. The van der Waals surface area contributed by atoms with Gasteiger partial charge >= 0.3 is 0 Å². The molecule has 0 spiro atoms. The van der Waals surface area contributed by atoms with Crippen LogP contribution in [-0.4, -0.2) is 50.8 Å². The van der Waals surface area contributed by atoms with E-state index >= 15 is 0 Å². The molecule has 1 aliphatic rings. The first kappa shape index (κ1) is 14.4. The maximum absolute atomic E-state index is 13.2. The summed E-state index contributed by atoms with van der Waals surface area (Å²) in [6.07, 6.45) is 1.23. The monoisotopic (exact) mass is 266 g/mol. The number of likely N-dealkylation sites (N-methyl/N-ethyl adjacent to an activating group) is 1. The van der Waals surface area contributed by atoms with E-state index < -0.39 is 0 Å². The second-order valence-corrected chi connectivity index (χ2v) is 5.29. The van der Waals surface area contributed by atoms with Gasteiger partial charge < -0.3 is 15.0 Å². The van der Waals surface area contributed by atoms with Gasteiger partial charge in [-0.3, -0.25) is 0 Å². The van der Waals surface area contributed by atoms with E-state index in [1.54, 1.807) is 6.07 Å². The van der Waals surface area contributed by atoms with E-state index in [0.29, 0.717) is 0 Å². The van der Waals surface area contributed by atoms with Crippen molar-refractivity contribution in [2.75, 3.05) is 39.8 Å². The predicted octanol–water partition coefficient (Wildman–Crippen LogP) is 1.60. The van der Waals surface area contributed by atoms with Crippen molar-refractivity contribution >= 4 is 0 Å². The summed E-state index contributed by atoms with van der Waals surface area (Å²) >= 11 is 0. The molecule has 1 unspecified atom stereocenters. The Bertz CT molecular complexity index is 405. The number of nitrogens with zero attached hydrogens (tertiary/aromatic N) is 1. The SMILES string of the molecule is Cc1cc(CCN(C)CC2CNCCO2)ccc1F. The quantitative estimate of drug-likeness (QED) is 0.876. The maximum Gasteiger partial charge on any atom is 0.126 e. The van der Waals surface area contributed by atoms with Crippen molar-refractivity contribution in [3.8, 4) is 0 Å². The molecule has 2 rings (SSSR count). The van der Waals surface area contributed by atoms with Crippen molar-refractivity contribution in [2.24, 2.45) is 0 Å². The van der Waals surface area contributed by atoms with Gasteiger partial charge in [0.05, 0.1) is 12.7 Å². The Morgan fingerprint density at radius 1 is 1.47 bits per heavy atom. The van der Waals surface area contributed by atoms with Gasteiger partial charge in [0.25, 0.3) is 0 Å². The molecule has 3 nitrogen and oxygen atoms in total. The van der Waals surface area contributed by atoms with E-state index in [2.05, 4.69) is 17.3 Å². The Balaban J connectivity index is 1.75. The molecule has 0 amide bonds. The van der Waals surface area contributed by atoms with E-state index in [9.17, 15) is 4.39 Å². The van der Waals surface area contributed by atoms with E-state index in [1.807, 2.05) is 19.1 Å². The summed E-state index contributed by atoms with van der Waals surface area (Å²) in [6.45, 7) is 6.40. The fourth-order valence-electron chi connectivity index (χ4n) is 2.36. The number of halogens is 1. The van der Waals surface area contributed by atoms with Crippen LogP contribution in [0.3, 0.4) is 0 Å². The molecule has 1 aliphatic heterocycles. The number of hydrogen-bond acceptors (Lipinski definition) is 3. The fourth-order valence-corrected chi connectivity index (χ4v) is 2.36. The number of rotatable bonds is 5. The summed E-state index contributed by atoms with van der Waals surface area (Å²) in [5.41, 5.74) is 1.91. The largest absolute Gasteiger partial charge is 0.374 e. The lowest BCUT2D eigenvalue weighted by atomic mass is 10.1. The first-order valence-corrected chi connectivity index (χ1v) is 6.91. The zero-order valence-corrected chi connectivity index (χ0v) is 11.8. The minimum absolute atomic E-state index is 0.126. The van der Waals surface area contributed by atoms with Gasteiger partial charge in [0.15, 0.2) is 0 Å². The van der Waals surface area contributed by atoms with E-state index in [0.717, 1.165) is 44.8 Å². The zero-order valence-electron chi connectivity index (χ0n) is 11.8. The number of aryl methyl sites for hydroxylation is 1. The van der Waals surface area contributed by atoms with Crippen LogP contribution in [0.25, 0.3) is 0 Å². The third kappa shape index (κ3) is 4.56. The topological polar surface area (TPSA) is 24.5 Å². The molecule has 1 aromatic carbocycles. The van der Waals surface area contributed by atoms with Gasteiger partial charge in [-0.05, 0) is 37.6 Å². The van der Waals surface area contributed by atoms with Crippen molar-refractivity contribution in [1.29, 1.82) is 0 Å². The molecule has 1 heterocycles. The van der Waals surface area contributed by atoms with Crippen LogP contribution in [0.5, 0.6) is 0 Å². The number of benzene rings is 1. The van der Waals surface area contributed by atoms with E-state index in [4.69, 9.17) is 4.74 Å². The molecule has 0 radical (unpaired) electrons. The van der Waals surface area contributed by atoms with Crippen LogP contribution in [0.15, 0.2) is 18.2 Å². The second kappa shape index (κ2) is 6.98. The fraction of sp³-hybridized carbons (Fsp3) is 0.600. The van der Waals surface area contributed by atoms with Crippen molar-refractivity contribution in [2.45, 2.75) is 19.4 Å². The van der Waals surface area contributed by atoms with Gasteiger partial charge in [-0.2, -0.15) is 0 Å². The van der Waals surface area contributed by atoms with Crippen LogP contribution in [0, 0.1) is 12.7 Å². The van der Waals surface area contributed by atoms with Crippen LogP contribution in [0.4, 0.5) is 4.39 Å². The smallest absolute Gasteiger partial charge is 0.126 e. The molecule has 0 saturated carbocycles. The molecule has 0 bridgehead atoms. The van der Waals surface area contributed by atoms with Crippen molar-refractivity contribution < 1.29 is 9.13 Å². The Morgan fingerprint density at radius 3 is 3.00 bits per heavy atom. The third-order valence-electron chi connectivity index (χ3n) is 3.52. The highest BCUT2D eigenvalue weighted by Gasteiger charge is 2.15. The highest BCUT2D eigenvalue weighted by molar-refractivity contribution is 5.24. The average molecular weight is 266 g/mol. The minimum atomic E-state index is -0.126. The van der Waals surface area contributed by atoms with Gasteiger partial charge in [0, 0.05) is 26.2 Å². The van der Waals surface area contributed by atoms with E-state index in [1.165, 1.54) is 5.56 Å². The Kier molecular flexibility index (Phi) is 5.31. The Morgan fingerprint density at radius 2 is 2.32 bits per heavy atom. The molecule has 0 aliphatic carbocycles. The van der Waals surface area contributed by atoms with Crippen LogP contribution >= 0.6 is 0 Å². The predicted molar refractivity (Wildman–Crippen MR) is 74.9 cm³/mol. The number of ether oxygens (including phenoxy) is 1. The minimum Gasteiger partial charge on any atom is -0.374 e. The molecule has 1 saturated heterocycles. The van der Waals surface area contributed by atoms with Gasteiger partial charge in [0.1, 0.15) is 5.82 Å². The molecule has 1 N–H and O–H groups in total. The first-order valence-electron chi connectivity index (χ1n) is 6.91. The third-order valence-corrected chi connectivity index (χ3v) is 3.52. The van der Waals surface area contributed by atoms with Crippen molar-refractivity contribution in [3.05, 3.63) is 35.1 Å². The Hall–Kier alpha value is -0.970. The normalized spacial score (nSPS) is 19.9. The first-order chi connectivity index (χ1) is 9.15. The highest BCUT2D eigenvalue weighted by atomic mass is 19.1. The molecule has 19 heavy (non-hydrogen) atoms. The lowest BCUT2D eigenvalue weighted by molar-refractivity contribution is 0.0103. The van der Waals surface area contributed by atoms with Crippen LogP contribution < -0.4 is 5.32 Å². The molecule has 4 heteroatoms. The van der Waals surface area contributed by atoms with Gasteiger partial charge in [-0.1, -0.05) is 12.1 Å². The molecular weight excluding hydrogens is 243 g/mol. The van der Waals surface area contributed by atoms with Gasteiger partial charge in [-0.15, -0.1) is 0 Å². The van der Waals surface area contributed by atoms with Gasteiger partial charge in [-0.25, -0.2) is 4.39 Å². The van der Waals surface area contributed by atoms with Gasteiger partial charge in [0.2, 0.25) is 0 Å². The lowest BCUT2D eigenvalue weighted by Gasteiger charge is -2.28. The molecular formula is C15H23FN2O. The van der Waals surface area contributed by atoms with E-state index in [-0.39, 0.29) is 11.9 Å². The average Bonchev–Trinajstić information content (AvgIpc) is 2.41. The summed E-state index contributed by atoms with van der Waals surface area (Å²) in [5, 5.41) is 3.33. The maximum atomic E-state index is 13.2. The summed E-state index contributed by atoms with van der Waals surface area (Å²) in [4.78, 5) is 2.27. The molecule has 1 aromatic rings. The van der Waals surface area contributed by atoms with Crippen molar-refractivity contribution in [3.63, 3.8) is 0 Å². The summed E-state index contributed by atoms with van der Waals surface area (Å²) in [5.74, 6) is -0.126. The second-order valence-electron chi connectivity index (χ2n) is 5.29. The van der Waals surface area contributed by atoms with Crippen LogP contribution in [-0.2, 0) is 11.2 Å². The lowest BCUT2D eigenvalue weighted by Crippen LogP contribution is -2.44. The molecule has 1 fully saturated rings.